The summed E-state index contributed by atoms with van der Waals surface area (Å²) in [4.78, 5) is 4.11. The Bertz CT molecular complexity index is 778. The zero-order chi connectivity index (χ0) is 14.3. The van der Waals surface area contributed by atoms with Crippen LogP contribution in [0.2, 0.25) is 0 Å². The van der Waals surface area contributed by atoms with Gasteiger partial charge in [-0.15, -0.1) is 0 Å². The van der Waals surface area contributed by atoms with Gasteiger partial charge in [-0.25, -0.2) is 13.8 Å². The van der Waals surface area contributed by atoms with Gasteiger partial charge in [0, 0.05) is 6.07 Å². The highest BCUT2D eigenvalue weighted by atomic mass is 19.1. The van der Waals surface area contributed by atoms with Crippen LogP contribution in [0.5, 0.6) is 5.75 Å². The van der Waals surface area contributed by atoms with Crippen molar-refractivity contribution < 1.29 is 13.5 Å². The van der Waals surface area contributed by atoms with Crippen LogP contribution < -0.4 is 10.5 Å². The fourth-order valence-electron chi connectivity index (χ4n) is 2.14. The molecule has 0 saturated carbocycles. The molecule has 0 aliphatic heterocycles. The highest BCUT2D eigenvalue weighted by Gasteiger charge is 2.17. The topological polar surface area (TPSA) is 53.1 Å². The quantitative estimate of drug-likeness (QED) is 0.782. The third-order valence-corrected chi connectivity index (χ3v) is 3.05. The Morgan fingerprint density at radius 3 is 2.50 bits per heavy atom. The number of rotatable bonds is 2. The second-order valence-electron chi connectivity index (χ2n) is 4.23. The molecule has 2 N–H and O–H groups in total. The van der Waals surface area contributed by atoms with Gasteiger partial charge >= 0.3 is 0 Å². The highest BCUT2D eigenvalue weighted by Crippen LogP contribution is 2.28. The number of hydrogen-bond donors (Lipinski definition) is 1. The van der Waals surface area contributed by atoms with Gasteiger partial charge in [0.15, 0.2) is 0 Å². The number of imidazole rings is 1. The van der Waals surface area contributed by atoms with Gasteiger partial charge in [0.2, 0.25) is 5.95 Å². The van der Waals surface area contributed by atoms with Gasteiger partial charge in [0.05, 0.1) is 18.1 Å². The molecule has 3 aromatic rings. The Kier molecular flexibility index (Phi) is 2.78. The van der Waals surface area contributed by atoms with Gasteiger partial charge in [-0.2, -0.15) is 0 Å². The number of nitrogens with two attached hydrogens (primary N) is 1. The number of halogens is 2. The maximum absolute atomic E-state index is 13.9. The maximum atomic E-state index is 13.9. The lowest BCUT2D eigenvalue weighted by Crippen LogP contribution is -2.05. The van der Waals surface area contributed by atoms with Gasteiger partial charge in [-0.1, -0.05) is 6.07 Å². The zero-order valence-corrected chi connectivity index (χ0v) is 10.6. The number of para-hydroxylation sites is 1. The second-order valence-corrected chi connectivity index (χ2v) is 4.23. The number of aromatic nitrogens is 2. The van der Waals surface area contributed by atoms with Crippen molar-refractivity contribution in [3.63, 3.8) is 0 Å². The lowest BCUT2D eigenvalue weighted by atomic mass is 10.2. The van der Waals surface area contributed by atoms with Gasteiger partial charge in [-0.3, -0.25) is 4.57 Å². The van der Waals surface area contributed by atoms with Gasteiger partial charge in [-0.05, 0) is 24.3 Å². The minimum Gasteiger partial charge on any atom is -0.497 e. The van der Waals surface area contributed by atoms with E-state index >= 15 is 0 Å². The molecule has 6 heteroatoms. The monoisotopic (exact) mass is 275 g/mol. The van der Waals surface area contributed by atoms with Crippen molar-refractivity contribution in [1.82, 2.24) is 9.55 Å². The molecular weight excluding hydrogens is 264 g/mol. The maximum Gasteiger partial charge on any atom is 0.206 e. The summed E-state index contributed by atoms with van der Waals surface area (Å²) in [6.07, 6.45) is 0. The molecule has 0 atom stereocenters. The van der Waals surface area contributed by atoms with E-state index in [1.165, 1.54) is 29.9 Å². The van der Waals surface area contributed by atoms with Crippen LogP contribution in [-0.4, -0.2) is 16.7 Å². The number of nitrogens with zero attached hydrogens (tertiary/aromatic N) is 2. The van der Waals surface area contributed by atoms with Crippen LogP contribution >= 0.6 is 0 Å². The summed E-state index contributed by atoms with van der Waals surface area (Å²) < 4.78 is 34.1. The molecule has 3 rings (SSSR count). The molecule has 1 heterocycles. The van der Waals surface area contributed by atoms with E-state index in [9.17, 15) is 8.78 Å². The SMILES string of the molecule is COc1ccc2c(c1)nc(N)n2-c1c(F)cccc1F. The first-order chi connectivity index (χ1) is 9.61. The van der Waals surface area contributed by atoms with E-state index in [0.717, 1.165) is 0 Å². The van der Waals surface area contributed by atoms with Crippen molar-refractivity contribution in [2.24, 2.45) is 0 Å². The first-order valence-corrected chi connectivity index (χ1v) is 5.88. The number of nitrogen functional groups attached to an aromatic ring is 1. The molecule has 0 aliphatic rings. The molecule has 20 heavy (non-hydrogen) atoms. The Labute approximate surface area is 113 Å². The highest BCUT2D eigenvalue weighted by molar-refractivity contribution is 5.82. The van der Waals surface area contributed by atoms with Gasteiger partial charge in [0.1, 0.15) is 23.1 Å². The number of hydrogen-bond acceptors (Lipinski definition) is 3. The minimum atomic E-state index is -0.702. The number of methoxy groups -OCH3 is 1. The predicted octanol–water partition coefficient (Wildman–Crippen LogP) is 2.89. The normalized spacial score (nSPS) is 10.9. The van der Waals surface area contributed by atoms with Crippen molar-refractivity contribution in [3.05, 3.63) is 48.0 Å². The molecule has 0 fully saturated rings. The van der Waals surface area contributed by atoms with E-state index in [0.29, 0.717) is 16.8 Å². The molecule has 0 spiro atoms. The van der Waals surface area contributed by atoms with E-state index in [2.05, 4.69) is 4.98 Å². The van der Waals surface area contributed by atoms with E-state index in [4.69, 9.17) is 10.5 Å². The first kappa shape index (κ1) is 12.4. The van der Waals surface area contributed by atoms with Crippen LogP contribution in [0.4, 0.5) is 14.7 Å². The average Bonchev–Trinajstić information content (AvgIpc) is 2.74. The molecule has 0 saturated heterocycles. The van der Waals surface area contributed by atoms with Crippen LogP contribution in [0.1, 0.15) is 0 Å². The summed E-state index contributed by atoms with van der Waals surface area (Å²) in [6.45, 7) is 0. The van der Waals surface area contributed by atoms with E-state index < -0.39 is 11.6 Å². The van der Waals surface area contributed by atoms with Crippen LogP contribution in [0.15, 0.2) is 36.4 Å². The molecule has 0 radical (unpaired) electrons. The minimum absolute atomic E-state index is 0.0113. The summed E-state index contributed by atoms with van der Waals surface area (Å²) in [5.74, 6) is -0.799. The molecule has 2 aromatic carbocycles. The molecular formula is C14H11F2N3O. The summed E-state index contributed by atoms with van der Waals surface area (Å²) in [7, 11) is 1.53. The summed E-state index contributed by atoms with van der Waals surface area (Å²) in [5.41, 5.74) is 6.57. The average molecular weight is 275 g/mol. The first-order valence-electron chi connectivity index (χ1n) is 5.88. The third-order valence-electron chi connectivity index (χ3n) is 3.05. The molecule has 0 aliphatic carbocycles. The van der Waals surface area contributed by atoms with Crippen molar-refractivity contribution in [3.8, 4) is 11.4 Å². The Morgan fingerprint density at radius 1 is 1.15 bits per heavy atom. The second kappa shape index (κ2) is 4.48. The Balaban J connectivity index is 2.34. The molecule has 102 valence electrons. The van der Waals surface area contributed by atoms with Crippen molar-refractivity contribution in [1.29, 1.82) is 0 Å². The fraction of sp³-hybridized carbons (Fsp3) is 0.0714. The van der Waals surface area contributed by atoms with Crippen LogP contribution in [0, 0.1) is 11.6 Å². The van der Waals surface area contributed by atoms with Gasteiger partial charge < -0.3 is 10.5 Å². The molecule has 4 nitrogen and oxygen atoms in total. The smallest absolute Gasteiger partial charge is 0.206 e. The van der Waals surface area contributed by atoms with Crippen LogP contribution in [0.3, 0.4) is 0 Å². The molecule has 1 aromatic heterocycles. The van der Waals surface area contributed by atoms with Crippen molar-refractivity contribution in [2.45, 2.75) is 0 Å². The van der Waals surface area contributed by atoms with Gasteiger partial charge in [0.25, 0.3) is 0 Å². The number of fused-ring (bicyclic) bond motifs is 1. The lowest BCUT2D eigenvalue weighted by molar-refractivity contribution is 0.415. The van der Waals surface area contributed by atoms with Crippen molar-refractivity contribution >= 4 is 17.0 Å². The largest absolute Gasteiger partial charge is 0.497 e. The predicted molar refractivity (Wildman–Crippen MR) is 72.0 cm³/mol. The third kappa shape index (κ3) is 1.77. The summed E-state index contributed by atoms with van der Waals surface area (Å²) >= 11 is 0. The lowest BCUT2D eigenvalue weighted by Gasteiger charge is -2.09. The Hall–Kier alpha value is -2.63. The zero-order valence-electron chi connectivity index (χ0n) is 10.6. The van der Waals surface area contributed by atoms with E-state index in [-0.39, 0.29) is 11.6 Å². The van der Waals surface area contributed by atoms with Crippen molar-refractivity contribution in [2.75, 3.05) is 12.8 Å². The molecule has 0 unspecified atom stereocenters. The summed E-state index contributed by atoms with van der Waals surface area (Å²) in [6, 6.07) is 8.63. The summed E-state index contributed by atoms with van der Waals surface area (Å²) in [5, 5.41) is 0. The number of anilines is 1. The molecule has 0 bridgehead atoms. The number of ether oxygens (including phenoxy) is 1. The van der Waals surface area contributed by atoms with E-state index in [1.807, 2.05) is 0 Å². The van der Waals surface area contributed by atoms with Crippen LogP contribution in [-0.2, 0) is 0 Å². The van der Waals surface area contributed by atoms with E-state index in [1.54, 1.807) is 18.2 Å². The van der Waals surface area contributed by atoms with Crippen LogP contribution in [0.25, 0.3) is 16.7 Å². The standard InChI is InChI=1S/C14H11F2N3O/c1-20-8-5-6-12-11(7-8)18-14(17)19(12)13-9(15)3-2-4-10(13)16/h2-7H,1H3,(H2,17,18). The Morgan fingerprint density at radius 2 is 1.85 bits per heavy atom. The number of benzene rings is 2. The molecule has 0 amide bonds. The fourth-order valence-corrected chi connectivity index (χ4v) is 2.14.